The highest BCUT2D eigenvalue weighted by molar-refractivity contribution is 5.48. The van der Waals surface area contributed by atoms with Gasteiger partial charge in [-0.05, 0) is 11.1 Å². The fraction of sp³-hybridized carbons (Fsp3) is 0.176. The van der Waals surface area contributed by atoms with Crippen molar-refractivity contribution in [3.05, 3.63) is 77.9 Å². The van der Waals surface area contributed by atoms with Crippen molar-refractivity contribution >= 4 is 6.08 Å². The third kappa shape index (κ3) is 4.70. The number of aliphatic hydroxyl groups is 1. The second-order valence-corrected chi connectivity index (χ2v) is 4.40. The normalized spacial score (nSPS) is 12.7. The maximum absolute atomic E-state index is 9.95. The zero-order valence-corrected chi connectivity index (χ0v) is 10.9. The Hall–Kier alpha value is -1.90. The summed E-state index contributed by atoms with van der Waals surface area (Å²) in [7, 11) is 0. The molecule has 0 aliphatic rings. The summed E-state index contributed by atoms with van der Waals surface area (Å²) in [6, 6.07) is 19.9. The molecule has 19 heavy (non-hydrogen) atoms. The van der Waals surface area contributed by atoms with E-state index in [0.717, 1.165) is 12.1 Å². The molecular weight excluding hydrogens is 234 g/mol. The van der Waals surface area contributed by atoms with Crippen molar-refractivity contribution in [3.8, 4) is 0 Å². The van der Waals surface area contributed by atoms with Crippen LogP contribution < -0.4 is 5.32 Å². The van der Waals surface area contributed by atoms with Crippen LogP contribution in [-0.2, 0) is 0 Å². The van der Waals surface area contributed by atoms with Crippen LogP contribution >= 0.6 is 0 Å². The summed E-state index contributed by atoms with van der Waals surface area (Å²) in [5.74, 6) is 0. The molecule has 1 atom stereocenters. The standard InChI is InChI=1S/C17H19NO/c19-17(16-11-5-2-6-12-16)14-18-13-7-10-15-8-3-1-4-9-15/h1-12,17-19H,13-14H2/b10-7-/t17-/m1/s1. The van der Waals surface area contributed by atoms with Gasteiger partial charge in [0.2, 0.25) is 0 Å². The molecule has 0 amide bonds. The molecule has 2 aromatic carbocycles. The predicted molar refractivity (Wildman–Crippen MR) is 79.7 cm³/mol. The van der Waals surface area contributed by atoms with E-state index in [4.69, 9.17) is 0 Å². The van der Waals surface area contributed by atoms with Crippen LogP contribution in [0.4, 0.5) is 0 Å². The highest BCUT2D eigenvalue weighted by atomic mass is 16.3. The second kappa shape index (κ2) is 7.52. The van der Waals surface area contributed by atoms with Crippen LogP contribution in [0.1, 0.15) is 17.2 Å². The van der Waals surface area contributed by atoms with Gasteiger partial charge < -0.3 is 10.4 Å². The molecule has 0 aromatic heterocycles. The number of rotatable bonds is 6. The van der Waals surface area contributed by atoms with Crippen LogP contribution in [0.25, 0.3) is 6.08 Å². The molecule has 0 fully saturated rings. The summed E-state index contributed by atoms with van der Waals surface area (Å²) in [5, 5.41) is 13.2. The molecule has 2 N–H and O–H groups in total. The molecule has 0 saturated heterocycles. The maximum atomic E-state index is 9.95. The topological polar surface area (TPSA) is 32.3 Å². The summed E-state index contributed by atoms with van der Waals surface area (Å²) in [4.78, 5) is 0. The molecule has 2 rings (SSSR count). The summed E-state index contributed by atoms with van der Waals surface area (Å²) in [5.41, 5.74) is 2.13. The van der Waals surface area contributed by atoms with Gasteiger partial charge in [-0.3, -0.25) is 0 Å². The average molecular weight is 253 g/mol. The lowest BCUT2D eigenvalue weighted by Crippen LogP contribution is -2.21. The number of aliphatic hydroxyl groups excluding tert-OH is 1. The minimum Gasteiger partial charge on any atom is -0.387 e. The zero-order chi connectivity index (χ0) is 13.3. The SMILES string of the molecule is O[C@H](CNC/C=C\c1ccccc1)c1ccccc1. The van der Waals surface area contributed by atoms with Gasteiger partial charge in [-0.25, -0.2) is 0 Å². The molecule has 98 valence electrons. The minimum atomic E-state index is -0.452. The first-order chi connectivity index (χ1) is 9.36. The molecule has 0 spiro atoms. The van der Waals surface area contributed by atoms with E-state index in [1.807, 2.05) is 48.5 Å². The van der Waals surface area contributed by atoms with Gasteiger partial charge in [-0.1, -0.05) is 72.8 Å². The summed E-state index contributed by atoms with van der Waals surface area (Å²) < 4.78 is 0. The van der Waals surface area contributed by atoms with E-state index in [0.29, 0.717) is 6.54 Å². The molecule has 2 aromatic rings. The molecule has 0 aliphatic carbocycles. The summed E-state index contributed by atoms with van der Waals surface area (Å²) in [6.45, 7) is 1.31. The average Bonchev–Trinajstić information content (AvgIpc) is 2.49. The van der Waals surface area contributed by atoms with Crippen LogP contribution in [0.2, 0.25) is 0 Å². The summed E-state index contributed by atoms with van der Waals surface area (Å²) >= 11 is 0. The first kappa shape index (κ1) is 13.5. The van der Waals surface area contributed by atoms with Crippen molar-refractivity contribution in [3.63, 3.8) is 0 Å². The molecule has 0 bridgehead atoms. The van der Waals surface area contributed by atoms with Gasteiger partial charge in [0, 0.05) is 13.1 Å². The lowest BCUT2D eigenvalue weighted by molar-refractivity contribution is 0.176. The van der Waals surface area contributed by atoms with E-state index in [9.17, 15) is 5.11 Å². The van der Waals surface area contributed by atoms with Crippen molar-refractivity contribution in [2.24, 2.45) is 0 Å². The summed E-state index contributed by atoms with van der Waals surface area (Å²) in [6.07, 6.45) is 3.68. The van der Waals surface area contributed by atoms with E-state index < -0.39 is 6.10 Å². The smallest absolute Gasteiger partial charge is 0.0914 e. The highest BCUT2D eigenvalue weighted by Crippen LogP contribution is 2.10. The molecule has 0 unspecified atom stereocenters. The Morgan fingerprint density at radius 1 is 0.947 bits per heavy atom. The number of hydrogen-bond donors (Lipinski definition) is 2. The first-order valence-corrected chi connectivity index (χ1v) is 6.51. The highest BCUT2D eigenvalue weighted by Gasteiger charge is 2.04. The Morgan fingerprint density at radius 3 is 2.26 bits per heavy atom. The van der Waals surface area contributed by atoms with Crippen LogP contribution in [0.5, 0.6) is 0 Å². The molecule has 2 nitrogen and oxygen atoms in total. The molecule has 0 radical (unpaired) electrons. The van der Waals surface area contributed by atoms with Gasteiger partial charge in [-0.15, -0.1) is 0 Å². The van der Waals surface area contributed by atoms with E-state index in [-0.39, 0.29) is 0 Å². The predicted octanol–water partition coefficient (Wildman–Crippen LogP) is 3.02. The zero-order valence-electron chi connectivity index (χ0n) is 10.9. The van der Waals surface area contributed by atoms with Crippen molar-refractivity contribution in [1.29, 1.82) is 0 Å². The fourth-order valence-electron chi connectivity index (χ4n) is 1.86. The number of benzene rings is 2. The van der Waals surface area contributed by atoms with Crippen molar-refractivity contribution in [2.45, 2.75) is 6.10 Å². The maximum Gasteiger partial charge on any atom is 0.0914 e. The Morgan fingerprint density at radius 2 is 1.58 bits per heavy atom. The number of hydrogen-bond acceptors (Lipinski definition) is 2. The molecular formula is C17H19NO. The van der Waals surface area contributed by atoms with E-state index in [1.54, 1.807) is 0 Å². The number of nitrogens with one attached hydrogen (secondary N) is 1. The van der Waals surface area contributed by atoms with E-state index >= 15 is 0 Å². The fourth-order valence-corrected chi connectivity index (χ4v) is 1.86. The van der Waals surface area contributed by atoms with Gasteiger partial charge in [0.05, 0.1) is 6.10 Å². The van der Waals surface area contributed by atoms with Crippen LogP contribution in [-0.4, -0.2) is 18.2 Å². The largest absolute Gasteiger partial charge is 0.387 e. The Labute approximate surface area is 114 Å². The molecule has 0 saturated carbocycles. The van der Waals surface area contributed by atoms with Crippen molar-refractivity contribution in [1.82, 2.24) is 5.32 Å². The van der Waals surface area contributed by atoms with Crippen LogP contribution in [0, 0.1) is 0 Å². The van der Waals surface area contributed by atoms with Crippen molar-refractivity contribution in [2.75, 3.05) is 13.1 Å². The Kier molecular flexibility index (Phi) is 5.35. The van der Waals surface area contributed by atoms with Crippen LogP contribution in [0.15, 0.2) is 66.7 Å². The Balaban J connectivity index is 1.71. The van der Waals surface area contributed by atoms with E-state index in [2.05, 4.69) is 29.6 Å². The van der Waals surface area contributed by atoms with Gasteiger partial charge in [0.1, 0.15) is 0 Å². The van der Waals surface area contributed by atoms with Gasteiger partial charge in [0.15, 0.2) is 0 Å². The molecule has 2 heteroatoms. The van der Waals surface area contributed by atoms with Gasteiger partial charge >= 0.3 is 0 Å². The van der Waals surface area contributed by atoms with Crippen LogP contribution in [0.3, 0.4) is 0 Å². The van der Waals surface area contributed by atoms with E-state index in [1.165, 1.54) is 5.56 Å². The van der Waals surface area contributed by atoms with Crippen molar-refractivity contribution < 1.29 is 5.11 Å². The lowest BCUT2D eigenvalue weighted by Gasteiger charge is -2.10. The lowest BCUT2D eigenvalue weighted by atomic mass is 10.1. The second-order valence-electron chi connectivity index (χ2n) is 4.40. The monoisotopic (exact) mass is 253 g/mol. The first-order valence-electron chi connectivity index (χ1n) is 6.51. The molecule has 0 heterocycles. The Bertz CT molecular complexity index is 493. The third-order valence-electron chi connectivity index (χ3n) is 2.89. The third-order valence-corrected chi connectivity index (χ3v) is 2.89. The quantitative estimate of drug-likeness (QED) is 0.776. The van der Waals surface area contributed by atoms with Gasteiger partial charge in [0.25, 0.3) is 0 Å². The minimum absolute atomic E-state index is 0.452. The van der Waals surface area contributed by atoms with Gasteiger partial charge in [-0.2, -0.15) is 0 Å². The molecule has 0 aliphatic heterocycles.